The van der Waals surface area contributed by atoms with E-state index in [1.54, 1.807) is 12.1 Å². The summed E-state index contributed by atoms with van der Waals surface area (Å²) in [6, 6.07) is 6.50. The second-order valence-electron chi connectivity index (χ2n) is 11.0. The van der Waals surface area contributed by atoms with Gasteiger partial charge in [0.05, 0.1) is 28.3 Å². The highest BCUT2D eigenvalue weighted by atomic mass is 19.1. The van der Waals surface area contributed by atoms with Crippen molar-refractivity contribution in [1.82, 2.24) is 9.47 Å². The Morgan fingerprint density at radius 3 is 2.94 bits per heavy atom. The van der Waals surface area contributed by atoms with Crippen LogP contribution in [0, 0.1) is 5.82 Å². The third kappa shape index (κ3) is 2.10. The lowest BCUT2D eigenvalue weighted by Gasteiger charge is -2.62. The first-order valence-corrected chi connectivity index (χ1v) is 12.5. The van der Waals surface area contributed by atoms with Gasteiger partial charge in [-0.1, -0.05) is 12.1 Å². The average molecular weight is 475 g/mol. The van der Waals surface area contributed by atoms with Crippen LogP contribution in [0.3, 0.4) is 0 Å². The molecule has 2 aliphatic carbocycles. The van der Waals surface area contributed by atoms with Crippen LogP contribution in [-0.4, -0.2) is 49.5 Å². The normalized spacial score (nSPS) is 33.9. The minimum Gasteiger partial charge on any atom is -0.504 e. The van der Waals surface area contributed by atoms with Crippen LogP contribution in [0.15, 0.2) is 36.9 Å². The zero-order valence-corrected chi connectivity index (χ0v) is 19.3. The Balaban J connectivity index is 1.49. The molecule has 8 rings (SSSR count). The molecule has 0 amide bonds. The molecule has 0 saturated carbocycles. The molecule has 4 heterocycles. The van der Waals surface area contributed by atoms with E-state index >= 15 is 0 Å². The summed E-state index contributed by atoms with van der Waals surface area (Å²) in [6.07, 6.45) is 2.87. The minimum absolute atomic E-state index is 0.0975. The summed E-state index contributed by atoms with van der Waals surface area (Å²) in [5, 5.41) is 35.1. The lowest BCUT2D eigenvalue weighted by Crippen LogP contribution is -2.74. The number of fused-ring (bicyclic) bond motifs is 4. The van der Waals surface area contributed by atoms with Gasteiger partial charge in [0, 0.05) is 48.6 Å². The van der Waals surface area contributed by atoms with E-state index < -0.39 is 23.2 Å². The SMILES string of the molecule is C=CCN1CC[C@]23c4c5ccc(O)c4O[C@H]2c2c(c4cc(F)cc6c4n2CC[C@H]6O)C[C@@]3(O)[C@@H]1C5. The summed E-state index contributed by atoms with van der Waals surface area (Å²) < 4.78 is 23.7. The summed E-state index contributed by atoms with van der Waals surface area (Å²) in [6.45, 7) is 6.01. The number of hydrogen-bond donors (Lipinski definition) is 3. The van der Waals surface area contributed by atoms with Crippen molar-refractivity contribution >= 4 is 10.9 Å². The molecule has 180 valence electrons. The van der Waals surface area contributed by atoms with Gasteiger partial charge in [0.15, 0.2) is 17.6 Å². The van der Waals surface area contributed by atoms with Crippen LogP contribution in [0.5, 0.6) is 11.5 Å². The number of aromatic hydroxyl groups is 1. The summed E-state index contributed by atoms with van der Waals surface area (Å²) in [4.78, 5) is 2.31. The zero-order valence-electron chi connectivity index (χ0n) is 19.3. The number of phenolic OH excluding ortho intramolecular Hbond substituents is 1. The molecule has 1 spiro atoms. The largest absolute Gasteiger partial charge is 0.504 e. The van der Waals surface area contributed by atoms with Gasteiger partial charge >= 0.3 is 0 Å². The number of rotatable bonds is 2. The van der Waals surface area contributed by atoms with Crippen LogP contribution in [0.4, 0.5) is 4.39 Å². The Kier molecular flexibility index (Phi) is 3.64. The Hall–Kier alpha value is -2.87. The molecule has 0 unspecified atom stereocenters. The van der Waals surface area contributed by atoms with Gasteiger partial charge in [0.2, 0.25) is 0 Å². The summed E-state index contributed by atoms with van der Waals surface area (Å²) in [7, 11) is 0. The first-order chi connectivity index (χ1) is 16.9. The molecular formula is C28H27FN2O4. The summed E-state index contributed by atoms with van der Waals surface area (Å²) >= 11 is 0. The van der Waals surface area contributed by atoms with Crippen molar-refractivity contribution in [1.29, 1.82) is 0 Å². The number of aliphatic hydroxyl groups excluding tert-OH is 1. The fourth-order valence-electron chi connectivity index (χ4n) is 8.41. The number of piperidine rings is 1. The highest BCUT2D eigenvalue weighted by Gasteiger charge is 2.73. The second kappa shape index (κ2) is 6.27. The number of phenols is 1. The topological polar surface area (TPSA) is 78.1 Å². The van der Waals surface area contributed by atoms with Gasteiger partial charge < -0.3 is 24.6 Å². The van der Waals surface area contributed by atoms with Crippen LogP contribution >= 0.6 is 0 Å². The van der Waals surface area contributed by atoms with E-state index in [1.807, 2.05) is 12.1 Å². The van der Waals surface area contributed by atoms with Crippen molar-refractivity contribution < 1.29 is 24.4 Å². The van der Waals surface area contributed by atoms with Crippen molar-refractivity contribution in [3.63, 3.8) is 0 Å². The fourth-order valence-corrected chi connectivity index (χ4v) is 8.41. The zero-order chi connectivity index (χ0) is 23.9. The van der Waals surface area contributed by atoms with Crippen molar-refractivity contribution in [3.05, 3.63) is 70.7 Å². The maximum Gasteiger partial charge on any atom is 0.166 e. The third-order valence-corrected chi connectivity index (χ3v) is 9.67. The molecule has 1 aromatic heterocycles. The molecule has 6 nitrogen and oxygen atoms in total. The second-order valence-corrected chi connectivity index (χ2v) is 11.0. The van der Waals surface area contributed by atoms with Crippen LogP contribution in [0.25, 0.3) is 10.9 Å². The highest BCUT2D eigenvalue weighted by Crippen LogP contribution is 2.69. The number of aromatic nitrogens is 1. The van der Waals surface area contributed by atoms with E-state index in [-0.39, 0.29) is 17.6 Å². The van der Waals surface area contributed by atoms with E-state index in [4.69, 9.17) is 4.74 Å². The molecule has 1 fully saturated rings. The minimum atomic E-state index is -1.16. The quantitative estimate of drug-likeness (QED) is 0.497. The monoisotopic (exact) mass is 474 g/mol. The molecule has 1 saturated heterocycles. The molecule has 35 heavy (non-hydrogen) atoms. The molecule has 5 atom stereocenters. The van der Waals surface area contributed by atoms with E-state index in [9.17, 15) is 19.7 Å². The molecule has 2 aromatic carbocycles. The van der Waals surface area contributed by atoms with Gasteiger partial charge in [0.1, 0.15) is 5.82 Å². The number of aliphatic hydroxyl groups is 2. The van der Waals surface area contributed by atoms with E-state index in [0.29, 0.717) is 50.1 Å². The maximum atomic E-state index is 14.8. The smallest absolute Gasteiger partial charge is 0.166 e. The number of hydrogen-bond acceptors (Lipinski definition) is 5. The van der Waals surface area contributed by atoms with Crippen molar-refractivity contribution in [2.75, 3.05) is 13.1 Å². The van der Waals surface area contributed by atoms with Gasteiger partial charge in [-0.25, -0.2) is 4.39 Å². The van der Waals surface area contributed by atoms with Gasteiger partial charge in [-0.2, -0.15) is 0 Å². The van der Waals surface area contributed by atoms with Gasteiger partial charge in [0.25, 0.3) is 0 Å². The summed E-state index contributed by atoms with van der Waals surface area (Å²) in [5.41, 5.74) is 3.51. The first kappa shape index (κ1) is 20.3. The first-order valence-electron chi connectivity index (χ1n) is 12.5. The lowest BCUT2D eigenvalue weighted by atomic mass is 9.49. The molecular weight excluding hydrogens is 447 g/mol. The molecule has 3 N–H and O–H groups in total. The molecule has 7 heteroatoms. The highest BCUT2D eigenvalue weighted by molar-refractivity contribution is 5.90. The number of benzene rings is 2. The van der Waals surface area contributed by atoms with Crippen LogP contribution in [0.1, 0.15) is 53.0 Å². The third-order valence-electron chi connectivity index (χ3n) is 9.67. The Morgan fingerprint density at radius 1 is 1.26 bits per heavy atom. The van der Waals surface area contributed by atoms with Crippen LogP contribution in [-0.2, 0) is 24.8 Å². The molecule has 2 bridgehead atoms. The van der Waals surface area contributed by atoms with E-state index in [1.165, 1.54) is 6.07 Å². The number of halogens is 1. The number of nitrogens with zero attached hydrogens (tertiary/aromatic N) is 2. The van der Waals surface area contributed by atoms with Crippen molar-refractivity contribution in [2.24, 2.45) is 0 Å². The average Bonchev–Trinajstić information content (AvgIpc) is 3.32. The maximum absolute atomic E-state index is 14.8. The Labute approximate surface area is 201 Å². The molecule has 3 aliphatic heterocycles. The number of ether oxygens (including phenoxy) is 1. The van der Waals surface area contributed by atoms with Gasteiger partial charge in [-0.3, -0.25) is 4.90 Å². The fraction of sp³-hybridized carbons (Fsp3) is 0.429. The number of aryl methyl sites for hydroxylation is 1. The standard InChI is InChI=1S/C28H27FN2O4/c1-2-7-30-9-6-27-22-14-3-4-20(33)25(22)35-26(27)24-18(13-28(27,34)21(30)10-14)16-11-15(29)12-17-19(32)5-8-31(24)23(16)17/h2-4,11-12,19,21,26,32-34H,1,5-10,13H2/t19-,21+,26+,27+,28-/m1/s1. The predicted octanol–water partition coefficient (Wildman–Crippen LogP) is 3.40. The van der Waals surface area contributed by atoms with Crippen molar-refractivity contribution in [2.45, 2.75) is 61.5 Å². The van der Waals surface area contributed by atoms with Crippen LogP contribution in [0.2, 0.25) is 0 Å². The van der Waals surface area contributed by atoms with Crippen LogP contribution < -0.4 is 4.74 Å². The molecule has 5 aliphatic rings. The van der Waals surface area contributed by atoms with Gasteiger partial charge in [-0.05, 0) is 48.6 Å². The predicted molar refractivity (Wildman–Crippen MR) is 127 cm³/mol. The van der Waals surface area contributed by atoms with Crippen molar-refractivity contribution in [3.8, 4) is 11.5 Å². The Bertz CT molecular complexity index is 1480. The van der Waals surface area contributed by atoms with E-state index in [2.05, 4.69) is 16.0 Å². The Morgan fingerprint density at radius 2 is 2.11 bits per heavy atom. The van der Waals surface area contributed by atoms with E-state index in [0.717, 1.165) is 39.8 Å². The molecule has 3 aromatic rings. The molecule has 0 radical (unpaired) electrons. The van der Waals surface area contributed by atoms with Gasteiger partial charge in [-0.15, -0.1) is 6.58 Å². The lowest BCUT2D eigenvalue weighted by molar-refractivity contribution is -0.171. The summed E-state index contributed by atoms with van der Waals surface area (Å²) in [5.74, 6) is 0.198. The number of likely N-dealkylation sites (tertiary alicyclic amines) is 1.